The number of rotatable bonds is 4. The highest BCUT2D eigenvalue weighted by atomic mass is 16.5. The van der Waals surface area contributed by atoms with Gasteiger partial charge in [-0.1, -0.05) is 19.3 Å². The summed E-state index contributed by atoms with van der Waals surface area (Å²) < 4.78 is 10.9. The summed E-state index contributed by atoms with van der Waals surface area (Å²) in [6.07, 6.45) is 6.77. The van der Waals surface area contributed by atoms with Gasteiger partial charge in [-0.25, -0.2) is 0 Å². The van der Waals surface area contributed by atoms with Gasteiger partial charge in [0, 0.05) is 31.7 Å². The molecule has 1 N–H and O–H groups in total. The number of ether oxygens (including phenoxy) is 2. The van der Waals surface area contributed by atoms with Gasteiger partial charge in [-0.2, -0.15) is 0 Å². The molecule has 0 unspecified atom stereocenters. The smallest absolute Gasteiger partial charge is 0.161 e. The van der Waals surface area contributed by atoms with Crippen LogP contribution in [0.5, 0.6) is 11.5 Å². The molecule has 4 nitrogen and oxygen atoms in total. The van der Waals surface area contributed by atoms with E-state index in [2.05, 4.69) is 29.3 Å². The summed E-state index contributed by atoms with van der Waals surface area (Å²) in [6, 6.07) is 4.26. The summed E-state index contributed by atoms with van der Waals surface area (Å²) in [4.78, 5) is 2.72. The van der Waals surface area contributed by atoms with Crippen LogP contribution in [-0.4, -0.2) is 44.3 Å². The Bertz CT molecular complexity index is 530. The monoisotopic (exact) mass is 318 g/mol. The Kier molecular flexibility index (Phi) is 5.12. The normalized spacial score (nSPS) is 21.3. The molecule has 4 heteroatoms. The minimum absolute atomic E-state index is 0.357. The number of hydrogen-bond donors (Lipinski definition) is 1. The molecule has 0 bridgehead atoms. The Balaban J connectivity index is 1.84. The Morgan fingerprint density at radius 2 is 1.78 bits per heavy atom. The summed E-state index contributed by atoms with van der Waals surface area (Å²) >= 11 is 0. The molecule has 1 aliphatic carbocycles. The maximum absolute atomic E-state index is 5.50. The first kappa shape index (κ1) is 16.6. The van der Waals surface area contributed by atoms with E-state index in [1.807, 2.05) is 0 Å². The maximum atomic E-state index is 5.50. The predicted octanol–water partition coefficient (Wildman–Crippen LogP) is 3.12. The van der Waals surface area contributed by atoms with E-state index in [1.54, 1.807) is 14.2 Å². The van der Waals surface area contributed by atoms with Crippen LogP contribution in [0.25, 0.3) is 0 Å². The van der Waals surface area contributed by atoms with Crippen molar-refractivity contribution in [1.82, 2.24) is 10.2 Å². The maximum Gasteiger partial charge on any atom is 0.161 e. The van der Waals surface area contributed by atoms with Crippen molar-refractivity contribution in [2.24, 2.45) is 0 Å². The molecule has 0 atom stereocenters. The van der Waals surface area contributed by atoms with Crippen LogP contribution in [0.4, 0.5) is 0 Å². The van der Waals surface area contributed by atoms with Crippen LogP contribution in [0, 0.1) is 6.92 Å². The average Bonchev–Trinajstić information content (AvgIpc) is 2.59. The van der Waals surface area contributed by atoms with Crippen LogP contribution in [0.2, 0.25) is 0 Å². The minimum atomic E-state index is 0.357. The van der Waals surface area contributed by atoms with Crippen LogP contribution in [0.15, 0.2) is 12.1 Å². The first-order valence-corrected chi connectivity index (χ1v) is 8.86. The molecule has 2 fully saturated rings. The number of aryl methyl sites for hydroxylation is 1. The van der Waals surface area contributed by atoms with Gasteiger partial charge < -0.3 is 14.8 Å². The van der Waals surface area contributed by atoms with E-state index in [9.17, 15) is 0 Å². The largest absolute Gasteiger partial charge is 0.493 e. The molecule has 1 aromatic rings. The van der Waals surface area contributed by atoms with E-state index in [1.165, 1.54) is 43.2 Å². The quantitative estimate of drug-likeness (QED) is 0.925. The first-order valence-electron chi connectivity index (χ1n) is 8.86. The Labute approximate surface area is 140 Å². The topological polar surface area (TPSA) is 33.7 Å². The first-order chi connectivity index (χ1) is 11.2. The Morgan fingerprint density at radius 3 is 2.48 bits per heavy atom. The molecule has 1 aliphatic heterocycles. The molecular formula is C19H30N2O2. The van der Waals surface area contributed by atoms with E-state index < -0.39 is 0 Å². The van der Waals surface area contributed by atoms with Gasteiger partial charge in [0.2, 0.25) is 0 Å². The second-order valence-corrected chi connectivity index (χ2v) is 7.02. The summed E-state index contributed by atoms with van der Waals surface area (Å²) in [6.45, 7) is 6.54. The third-order valence-corrected chi connectivity index (χ3v) is 5.67. The van der Waals surface area contributed by atoms with Crippen LogP contribution in [0.3, 0.4) is 0 Å². The number of nitrogens with one attached hydrogen (secondary N) is 1. The summed E-state index contributed by atoms with van der Waals surface area (Å²) in [7, 11) is 3.41. The van der Waals surface area contributed by atoms with Crippen LogP contribution >= 0.6 is 0 Å². The van der Waals surface area contributed by atoms with Crippen molar-refractivity contribution < 1.29 is 9.47 Å². The van der Waals surface area contributed by atoms with Crippen molar-refractivity contribution >= 4 is 0 Å². The molecule has 1 heterocycles. The molecule has 0 radical (unpaired) electrons. The zero-order valence-corrected chi connectivity index (χ0v) is 14.8. The highest BCUT2D eigenvalue weighted by Crippen LogP contribution is 2.37. The van der Waals surface area contributed by atoms with E-state index in [4.69, 9.17) is 9.47 Å². The van der Waals surface area contributed by atoms with Crippen LogP contribution in [0.1, 0.15) is 43.2 Å². The van der Waals surface area contributed by atoms with Crippen molar-refractivity contribution in [3.05, 3.63) is 23.3 Å². The highest BCUT2D eigenvalue weighted by Gasteiger charge is 2.39. The van der Waals surface area contributed by atoms with Crippen molar-refractivity contribution in [3.63, 3.8) is 0 Å². The fourth-order valence-corrected chi connectivity index (χ4v) is 4.23. The van der Waals surface area contributed by atoms with Gasteiger partial charge in [-0.15, -0.1) is 0 Å². The van der Waals surface area contributed by atoms with Crippen molar-refractivity contribution in [2.75, 3.05) is 33.9 Å². The molecule has 1 saturated carbocycles. The van der Waals surface area contributed by atoms with Gasteiger partial charge in [-0.3, -0.25) is 4.90 Å². The lowest BCUT2D eigenvalue weighted by Crippen LogP contribution is -2.61. The predicted molar refractivity (Wildman–Crippen MR) is 93.4 cm³/mol. The molecule has 0 aromatic heterocycles. The standard InChI is InChI=1S/C19H30N2O2/c1-15-11-17(22-2)18(23-3)12-16(15)13-21-10-9-20-14-19(21)7-5-4-6-8-19/h11-12,20H,4-10,13-14H2,1-3H3. The summed E-state index contributed by atoms with van der Waals surface area (Å²) in [5.41, 5.74) is 3.00. The molecule has 2 aliphatic rings. The molecule has 23 heavy (non-hydrogen) atoms. The second-order valence-electron chi connectivity index (χ2n) is 7.02. The fourth-order valence-electron chi connectivity index (χ4n) is 4.23. The lowest BCUT2D eigenvalue weighted by Gasteiger charge is -2.50. The Morgan fingerprint density at radius 1 is 1.09 bits per heavy atom. The molecule has 1 aromatic carbocycles. The molecular weight excluding hydrogens is 288 g/mol. The van der Waals surface area contributed by atoms with Gasteiger partial charge in [0.15, 0.2) is 11.5 Å². The number of methoxy groups -OCH3 is 2. The van der Waals surface area contributed by atoms with E-state index in [0.717, 1.165) is 37.7 Å². The third kappa shape index (κ3) is 3.33. The molecule has 1 saturated heterocycles. The number of nitrogens with zero attached hydrogens (tertiary/aromatic N) is 1. The van der Waals surface area contributed by atoms with Gasteiger partial charge >= 0.3 is 0 Å². The van der Waals surface area contributed by atoms with Gasteiger partial charge in [-0.05, 0) is 43.0 Å². The SMILES string of the molecule is COc1cc(C)c(CN2CCNCC23CCCCC3)cc1OC. The van der Waals surface area contributed by atoms with Gasteiger partial charge in [0.25, 0.3) is 0 Å². The lowest BCUT2D eigenvalue weighted by atomic mass is 9.78. The Hall–Kier alpha value is -1.26. The second kappa shape index (κ2) is 7.10. The molecule has 1 spiro atoms. The van der Waals surface area contributed by atoms with Gasteiger partial charge in [0.1, 0.15) is 0 Å². The molecule has 3 rings (SSSR count). The summed E-state index contributed by atoms with van der Waals surface area (Å²) in [5.74, 6) is 1.65. The fraction of sp³-hybridized carbons (Fsp3) is 0.684. The zero-order valence-electron chi connectivity index (χ0n) is 14.8. The summed E-state index contributed by atoms with van der Waals surface area (Å²) in [5, 5.41) is 3.63. The number of hydrogen-bond acceptors (Lipinski definition) is 4. The van der Waals surface area contributed by atoms with E-state index in [-0.39, 0.29) is 0 Å². The number of piperazine rings is 1. The third-order valence-electron chi connectivity index (χ3n) is 5.67. The van der Waals surface area contributed by atoms with Crippen LogP contribution < -0.4 is 14.8 Å². The lowest BCUT2D eigenvalue weighted by molar-refractivity contribution is 0.0207. The highest BCUT2D eigenvalue weighted by molar-refractivity contribution is 5.47. The molecule has 128 valence electrons. The van der Waals surface area contributed by atoms with E-state index >= 15 is 0 Å². The van der Waals surface area contributed by atoms with Crippen molar-refractivity contribution in [3.8, 4) is 11.5 Å². The van der Waals surface area contributed by atoms with Crippen molar-refractivity contribution in [1.29, 1.82) is 0 Å². The average molecular weight is 318 g/mol. The van der Waals surface area contributed by atoms with Crippen LogP contribution in [-0.2, 0) is 6.54 Å². The number of benzene rings is 1. The van der Waals surface area contributed by atoms with Crippen molar-refractivity contribution in [2.45, 2.75) is 51.1 Å². The minimum Gasteiger partial charge on any atom is -0.493 e. The van der Waals surface area contributed by atoms with E-state index in [0.29, 0.717) is 5.54 Å². The zero-order chi connectivity index (χ0) is 16.3. The molecule has 0 amide bonds. The van der Waals surface area contributed by atoms with Gasteiger partial charge in [0.05, 0.1) is 14.2 Å².